The number of hydrogen-bond donors (Lipinski definition) is 3. The molecule has 0 aliphatic heterocycles. The standard InChI is InChI=1S/C11H20N2O3/c1-8(11(16)13-9-5-6-9)12-10(15)4-2-3-7-14/h8-9,14H,2-7H2,1H3,(H,12,15)(H,13,16). The van der Waals surface area contributed by atoms with Crippen molar-refractivity contribution in [1.82, 2.24) is 10.6 Å². The van der Waals surface area contributed by atoms with Crippen molar-refractivity contribution < 1.29 is 14.7 Å². The molecule has 5 heteroatoms. The molecule has 2 amide bonds. The van der Waals surface area contributed by atoms with Gasteiger partial charge in [-0.25, -0.2) is 0 Å². The van der Waals surface area contributed by atoms with E-state index in [0.29, 0.717) is 25.3 Å². The third-order valence-corrected chi connectivity index (χ3v) is 2.51. The Labute approximate surface area is 95.6 Å². The molecule has 5 nitrogen and oxygen atoms in total. The molecule has 0 aromatic carbocycles. The van der Waals surface area contributed by atoms with Gasteiger partial charge in [0.1, 0.15) is 6.04 Å². The minimum absolute atomic E-state index is 0.102. The van der Waals surface area contributed by atoms with Gasteiger partial charge in [-0.05, 0) is 32.6 Å². The summed E-state index contributed by atoms with van der Waals surface area (Å²) in [5, 5.41) is 14.0. The van der Waals surface area contributed by atoms with E-state index < -0.39 is 6.04 Å². The molecule has 1 atom stereocenters. The molecular formula is C11H20N2O3. The van der Waals surface area contributed by atoms with Crippen molar-refractivity contribution >= 4 is 11.8 Å². The van der Waals surface area contributed by atoms with Crippen LogP contribution in [0.2, 0.25) is 0 Å². The van der Waals surface area contributed by atoms with Gasteiger partial charge in [0.15, 0.2) is 0 Å². The number of aliphatic hydroxyl groups excluding tert-OH is 1. The fraction of sp³-hybridized carbons (Fsp3) is 0.818. The van der Waals surface area contributed by atoms with Crippen LogP contribution in [0.1, 0.15) is 39.0 Å². The lowest BCUT2D eigenvalue weighted by Gasteiger charge is -2.13. The highest BCUT2D eigenvalue weighted by atomic mass is 16.3. The van der Waals surface area contributed by atoms with E-state index in [-0.39, 0.29) is 18.4 Å². The molecule has 1 unspecified atom stereocenters. The molecule has 0 saturated heterocycles. The topological polar surface area (TPSA) is 78.4 Å². The maximum Gasteiger partial charge on any atom is 0.242 e. The van der Waals surface area contributed by atoms with Crippen LogP contribution in [0.15, 0.2) is 0 Å². The first-order chi connectivity index (χ1) is 7.63. The third kappa shape index (κ3) is 5.11. The van der Waals surface area contributed by atoms with Gasteiger partial charge in [-0.15, -0.1) is 0 Å². The summed E-state index contributed by atoms with van der Waals surface area (Å²) in [6.45, 7) is 1.78. The Balaban J connectivity index is 2.13. The SMILES string of the molecule is CC(NC(=O)CCCCO)C(=O)NC1CC1. The van der Waals surface area contributed by atoms with Gasteiger partial charge >= 0.3 is 0 Å². The highest BCUT2D eigenvalue weighted by molar-refractivity contribution is 5.87. The van der Waals surface area contributed by atoms with E-state index in [0.717, 1.165) is 12.8 Å². The van der Waals surface area contributed by atoms with Crippen molar-refractivity contribution in [3.05, 3.63) is 0 Å². The quantitative estimate of drug-likeness (QED) is 0.534. The molecule has 0 heterocycles. The number of carbonyl (C=O) groups excluding carboxylic acids is 2. The second-order valence-corrected chi connectivity index (χ2v) is 4.25. The third-order valence-electron chi connectivity index (χ3n) is 2.51. The number of hydrogen-bond acceptors (Lipinski definition) is 3. The lowest BCUT2D eigenvalue weighted by Crippen LogP contribution is -2.45. The van der Waals surface area contributed by atoms with E-state index in [2.05, 4.69) is 10.6 Å². The van der Waals surface area contributed by atoms with Crippen molar-refractivity contribution in [3.63, 3.8) is 0 Å². The molecule has 1 rings (SSSR count). The van der Waals surface area contributed by atoms with Gasteiger partial charge in [-0.2, -0.15) is 0 Å². The van der Waals surface area contributed by atoms with Crippen LogP contribution >= 0.6 is 0 Å². The fourth-order valence-corrected chi connectivity index (χ4v) is 1.33. The zero-order valence-corrected chi connectivity index (χ0v) is 9.66. The molecule has 16 heavy (non-hydrogen) atoms. The number of rotatable bonds is 7. The van der Waals surface area contributed by atoms with Crippen molar-refractivity contribution in [1.29, 1.82) is 0 Å². The van der Waals surface area contributed by atoms with Gasteiger partial charge in [0, 0.05) is 19.1 Å². The number of aliphatic hydroxyl groups is 1. The fourth-order valence-electron chi connectivity index (χ4n) is 1.33. The maximum atomic E-state index is 11.5. The average Bonchev–Trinajstić information content (AvgIpc) is 3.02. The van der Waals surface area contributed by atoms with Gasteiger partial charge in [-0.1, -0.05) is 0 Å². The van der Waals surface area contributed by atoms with Crippen LogP contribution < -0.4 is 10.6 Å². The first-order valence-corrected chi connectivity index (χ1v) is 5.84. The average molecular weight is 228 g/mol. The van der Waals surface area contributed by atoms with E-state index >= 15 is 0 Å². The molecule has 92 valence electrons. The van der Waals surface area contributed by atoms with Crippen LogP contribution in [0, 0.1) is 0 Å². The summed E-state index contributed by atoms with van der Waals surface area (Å²) >= 11 is 0. The van der Waals surface area contributed by atoms with Crippen LogP contribution in [0.3, 0.4) is 0 Å². The summed E-state index contributed by atoms with van der Waals surface area (Å²) < 4.78 is 0. The Hall–Kier alpha value is -1.10. The molecular weight excluding hydrogens is 208 g/mol. The number of unbranched alkanes of at least 4 members (excludes halogenated alkanes) is 1. The van der Waals surface area contributed by atoms with Crippen LogP contribution in [-0.2, 0) is 9.59 Å². The van der Waals surface area contributed by atoms with E-state index in [1.54, 1.807) is 6.92 Å². The smallest absolute Gasteiger partial charge is 0.242 e. The Kier molecular flexibility index (Phi) is 5.25. The van der Waals surface area contributed by atoms with Gasteiger partial charge in [0.05, 0.1) is 0 Å². The largest absolute Gasteiger partial charge is 0.396 e. The minimum atomic E-state index is -0.470. The molecule has 0 radical (unpaired) electrons. The lowest BCUT2D eigenvalue weighted by molar-refractivity contribution is -0.128. The van der Waals surface area contributed by atoms with Gasteiger partial charge in [0.25, 0.3) is 0 Å². The molecule has 1 saturated carbocycles. The van der Waals surface area contributed by atoms with Crippen molar-refractivity contribution in [2.45, 2.75) is 51.1 Å². The Morgan fingerprint density at radius 2 is 2.06 bits per heavy atom. The van der Waals surface area contributed by atoms with Crippen molar-refractivity contribution in [2.24, 2.45) is 0 Å². The Morgan fingerprint density at radius 3 is 2.62 bits per heavy atom. The van der Waals surface area contributed by atoms with E-state index in [9.17, 15) is 9.59 Å². The summed E-state index contributed by atoms with van der Waals surface area (Å²) in [5.74, 6) is -0.245. The minimum Gasteiger partial charge on any atom is -0.396 e. The summed E-state index contributed by atoms with van der Waals surface area (Å²) in [5.41, 5.74) is 0. The molecule has 3 N–H and O–H groups in total. The van der Waals surface area contributed by atoms with E-state index in [1.807, 2.05) is 0 Å². The zero-order valence-electron chi connectivity index (χ0n) is 9.66. The molecule has 1 aliphatic carbocycles. The van der Waals surface area contributed by atoms with Crippen LogP contribution in [0.5, 0.6) is 0 Å². The van der Waals surface area contributed by atoms with Crippen LogP contribution in [0.25, 0.3) is 0 Å². The molecule has 0 spiro atoms. The molecule has 1 fully saturated rings. The first kappa shape index (κ1) is 13.0. The molecule has 0 aromatic heterocycles. The van der Waals surface area contributed by atoms with Gasteiger partial charge < -0.3 is 15.7 Å². The number of carbonyl (C=O) groups is 2. The van der Waals surface area contributed by atoms with Crippen molar-refractivity contribution in [2.75, 3.05) is 6.61 Å². The van der Waals surface area contributed by atoms with E-state index in [1.165, 1.54) is 0 Å². The van der Waals surface area contributed by atoms with E-state index in [4.69, 9.17) is 5.11 Å². The predicted octanol–water partition coefficient (Wildman–Crippen LogP) is -0.0677. The summed E-state index contributed by atoms with van der Waals surface area (Å²) in [4.78, 5) is 22.9. The number of amides is 2. The molecule has 1 aliphatic rings. The lowest BCUT2D eigenvalue weighted by atomic mass is 10.2. The predicted molar refractivity (Wildman–Crippen MR) is 59.7 cm³/mol. The van der Waals surface area contributed by atoms with Gasteiger partial charge in [-0.3, -0.25) is 9.59 Å². The normalized spacial score (nSPS) is 16.6. The molecule has 0 aromatic rings. The first-order valence-electron chi connectivity index (χ1n) is 5.84. The zero-order chi connectivity index (χ0) is 12.0. The number of nitrogens with one attached hydrogen (secondary N) is 2. The summed E-state index contributed by atoms with van der Waals surface area (Å²) in [7, 11) is 0. The Morgan fingerprint density at radius 1 is 1.38 bits per heavy atom. The highest BCUT2D eigenvalue weighted by Gasteiger charge is 2.25. The van der Waals surface area contributed by atoms with Crippen LogP contribution in [-0.4, -0.2) is 35.6 Å². The second kappa shape index (κ2) is 6.48. The monoisotopic (exact) mass is 228 g/mol. The molecule has 0 bridgehead atoms. The maximum absolute atomic E-state index is 11.5. The second-order valence-electron chi connectivity index (χ2n) is 4.25. The Bertz CT molecular complexity index is 252. The summed E-state index contributed by atoms with van der Waals surface area (Å²) in [6.07, 6.45) is 3.72. The summed E-state index contributed by atoms with van der Waals surface area (Å²) in [6, 6.07) is -0.150. The van der Waals surface area contributed by atoms with Gasteiger partial charge in [0.2, 0.25) is 11.8 Å². The van der Waals surface area contributed by atoms with Crippen LogP contribution in [0.4, 0.5) is 0 Å². The highest BCUT2D eigenvalue weighted by Crippen LogP contribution is 2.18. The van der Waals surface area contributed by atoms with Crippen molar-refractivity contribution in [3.8, 4) is 0 Å².